The summed E-state index contributed by atoms with van der Waals surface area (Å²) in [5.41, 5.74) is 0. The Kier molecular flexibility index (Phi) is 4.00. The van der Waals surface area contributed by atoms with Crippen molar-refractivity contribution in [3.8, 4) is 0 Å². The van der Waals surface area contributed by atoms with Gasteiger partial charge in [-0.2, -0.15) is 0 Å². The van der Waals surface area contributed by atoms with Gasteiger partial charge < -0.3 is 10.0 Å². The number of rotatable bonds is 2. The molecular formula is C12H22N2O2S. The third-order valence-corrected chi connectivity index (χ3v) is 5.40. The van der Waals surface area contributed by atoms with Crippen LogP contribution in [0, 0.1) is 0 Å². The van der Waals surface area contributed by atoms with Crippen LogP contribution >= 0.6 is 11.8 Å². The standard InChI is InChI=1S/C12H22N2O2S/c1-9(2)14-6-3-4-12(5-7-14)13-10(8-17-12)11(15)16/h9-10,13H,3-8H2,1-2H3,(H,15,16). The SMILES string of the molecule is CC(C)N1CCCC2(CC1)NC(C(=O)O)CS2. The van der Waals surface area contributed by atoms with Crippen LogP contribution in [0.2, 0.25) is 0 Å². The zero-order chi connectivity index (χ0) is 12.5. The zero-order valence-electron chi connectivity index (χ0n) is 10.6. The molecule has 0 aromatic rings. The summed E-state index contributed by atoms with van der Waals surface area (Å²) in [7, 11) is 0. The second-order valence-electron chi connectivity index (χ2n) is 5.32. The van der Waals surface area contributed by atoms with Crippen molar-refractivity contribution >= 4 is 17.7 Å². The molecule has 0 radical (unpaired) electrons. The Morgan fingerprint density at radius 2 is 2.24 bits per heavy atom. The molecule has 0 amide bonds. The minimum atomic E-state index is -0.709. The van der Waals surface area contributed by atoms with Gasteiger partial charge in [0.1, 0.15) is 6.04 Å². The van der Waals surface area contributed by atoms with Crippen molar-refractivity contribution in [1.82, 2.24) is 10.2 Å². The normalized spacial score (nSPS) is 35.4. The molecule has 0 aliphatic carbocycles. The van der Waals surface area contributed by atoms with E-state index in [1.165, 1.54) is 0 Å². The molecule has 2 aliphatic rings. The number of carboxylic acid groups (broad SMARTS) is 1. The Morgan fingerprint density at radius 3 is 2.82 bits per heavy atom. The highest BCUT2D eigenvalue weighted by Crippen LogP contribution is 2.39. The van der Waals surface area contributed by atoms with Crippen molar-refractivity contribution in [2.75, 3.05) is 18.8 Å². The van der Waals surface area contributed by atoms with Crippen LogP contribution in [0.1, 0.15) is 33.1 Å². The summed E-state index contributed by atoms with van der Waals surface area (Å²) in [5.74, 6) is -0.00358. The Morgan fingerprint density at radius 1 is 1.47 bits per heavy atom. The molecule has 2 aliphatic heterocycles. The molecular weight excluding hydrogens is 236 g/mol. The lowest BCUT2D eigenvalue weighted by molar-refractivity contribution is -0.138. The Balaban J connectivity index is 1.97. The van der Waals surface area contributed by atoms with Crippen LogP contribution in [0.5, 0.6) is 0 Å². The van der Waals surface area contributed by atoms with E-state index in [4.69, 9.17) is 5.11 Å². The van der Waals surface area contributed by atoms with E-state index in [0.29, 0.717) is 11.8 Å². The largest absolute Gasteiger partial charge is 0.480 e. The quantitative estimate of drug-likeness (QED) is 0.783. The van der Waals surface area contributed by atoms with Crippen LogP contribution in [0.3, 0.4) is 0 Å². The third-order valence-electron chi connectivity index (χ3n) is 3.82. The van der Waals surface area contributed by atoms with Crippen LogP contribution in [-0.2, 0) is 4.79 Å². The summed E-state index contributed by atoms with van der Waals surface area (Å²) in [6.45, 7) is 6.67. The van der Waals surface area contributed by atoms with Crippen molar-refractivity contribution < 1.29 is 9.90 Å². The Bertz CT molecular complexity index is 298. The van der Waals surface area contributed by atoms with Gasteiger partial charge in [0, 0.05) is 18.3 Å². The van der Waals surface area contributed by atoms with Crippen LogP contribution < -0.4 is 5.32 Å². The van der Waals surface area contributed by atoms with Gasteiger partial charge in [-0.25, -0.2) is 0 Å². The Labute approximate surface area is 107 Å². The van der Waals surface area contributed by atoms with Crippen LogP contribution in [0.4, 0.5) is 0 Å². The van der Waals surface area contributed by atoms with Crippen molar-refractivity contribution in [2.45, 2.75) is 50.1 Å². The lowest BCUT2D eigenvalue weighted by atomic mass is 10.1. The van der Waals surface area contributed by atoms with E-state index in [1.807, 2.05) is 11.8 Å². The van der Waals surface area contributed by atoms with Crippen molar-refractivity contribution in [3.05, 3.63) is 0 Å². The second-order valence-corrected chi connectivity index (χ2v) is 6.73. The average Bonchev–Trinajstić information content (AvgIpc) is 2.55. The number of likely N-dealkylation sites (tertiary alicyclic amines) is 1. The fourth-order valence-electron chi connectivity index (χ4n) is 2.71. The van der Waals surface area contributed by atoms with Gasteiger partial charge in [-0.1, -0.05) is 0 Å². The number of hydrogen-bond donors (Lipinski definition) is 2. The molecule has 2 atom stereocenters. The molecule has 1 spiro atoms. The molecule has 2 saturated heterocycles. The highest BCUT2D eigenvalue weighted by Gasteiger charge is 2.42. The average molecular weight is 258 g/mol. The minimum Gasteiger partial charge on any atom is -0.480 e. The first kappa shape index (κ1) is 13.2. The third kappa shape index (κ3) is 2.95. The zero-order valence-corrected chi connectivity index (χ0v) is 11.4. The fourth-order valence-corrected chi connectivity index (χ4v) is 4.17. The summed E-state index contributed by atoms with van der Waals surface area (Å²) in [4.78, 5) is 13.5. The molecule has 5 heteroatoms. The van der Waals surface area contributed by atoms with Crippen LogP contribution in [0.15, 0.2) is 0 Å². The minimum absolute atomic E-state index is 0.0205. The van der Waals surface area contributed by atoms with Gasteiger partial charge in [-0.15, -0.1) is 11.8 Å². The first-order chi connectivity index (χ1) is 8.02. The van der Waals surface area contributed by atoms with Crippen LogP contribution in [0.25, 0.3) is 0 Å². The molecule has 4 nitrogen and oxygen atoms in total. The highest BCUT2D eigenvalue weighted by molar-refractivity contribution is 8.00. The number of carbonyl (C=O) groups is 1. The number of nitrogens with one attached hydrogen (secondary N) is 1. The summed E-state index contributed by atoms with van der Waals surface area (Å²) in [6.07, 6.45) is 3.30. The van der Waals surface area contributed by atoms with Crippen molar-refractivity contribution in [3.63, 3.8) is 0 Å². The molecule has 2 heterocycles. The summed E-state index contributed by atoms with van der Waals surface area (Å²) in [6, 6.07) is 0.234. The molecule has 0 aromatic carbocycles. The van der Waals surface area contributed by atoms with E-state index in [0.717, 1.165) is 32.4 Å². The van der Waals surface area contributed by atoms with E-state index >= 15 is 0 Å². The smallest absolute Gasteiger partial charge is 0.321 e. The fraction of sp³-hybridized carbons (Fsp3) is 0.917. The summed E-state index contributed by atoms with van der Waals surface area (Å²) < 4.78 is 0. The maximum atomic E-state index is 11.0. The van der Waals surface area contributed by atoms with E-state index < -0.39 is 5.97 Å². The highest BCUT2D eigenvalue weighted by atomic mass is 32.2. The molecule has 0 aromatic heterocycles. The van der Waals surface area contributed by atoms with E-state index in [9.17, 15) is 4.79 Å². The predicted molar refractivity (Wildman–Crippen MR) is 70.3 cm³/mol. The number of nitrogens with zero attached hydrogens (tertiary/aromatic N) is 1. The second kappa shape index (κ2) is 5.16. The first-order valence-electron chi connectivity index (χ1n) is 6.41. The molecule has 17 heavy (non-hydrogen) atoms. The molecule has 0 bridgehead atoms. The van der Waals surface area contributed by atoms with Gasteiger partial charge in [0.05, 0.1) is 4.87 Å². The number of carboxylic acids is 1. The van der Waals surface area contributed by atoms with Gasteiger partial charge in [0.25, 0.3) is 0 Å². The molecule has 2 unspecified atom stereocenters. The van der Waals surface area contributed by atoms with Gasteiger partial charge in [-0.05, 0) is 39.7 Å². The van der Waals surface area contributed by atoms with Crippen molar-refractivity contribution in [2.24, 2.45) is 0 Å². The van der Waals surface area contributed by atoms with Crippen molar-refractivity contribution in [1.29, 1.82) is 0 Å². The Hall–Kier alpha value is -0.260. The number of thioether (sulfide) groups is 1. The summed E-state index contributed by atoms with van der Waals surface area (Å²) in [5, 5.41) is 12.4. The summed E-state index contributed by atoms with van der Waals surface area (Å²) >= 11 is 1.81. The van der Waals surface area contributed by atoms with E-state index in [-0.39, 0.29) is 10.9 Å². The van der Waals surface area contributed by atoms with E-state index in [2.05, 4.69) is 24.1 Å². The number of aliphatic carboxylic acids is 1. The monoisotopic (exact) mass is 258 g/mol. The topological polar surface area (TPSA) is 52.6 Å². The molecule has 2 fully saturated rings. The maximum absolute atomic E-state index is 11.0. The van der Waals surface area contributed by atoms with Crippen LogP contribution in [-0.4, -0.2) is 51.8 Å². The molecule has 0 saturated carbocycles. The maximum Gasteiger partial charge on any atom is 0.321 e. The van der Waals surface area contributed by atoms with Gasteiger partial charge in [0.2, 0.25) is 0 Å². The molecule has 98 valence electrons. The lowest BCUT2D eigenvalue weighted by Crippen LogP contribution is -2.45. The predicted octanol–water partition coefficient (Wildman–Crippen LogP) is 1.37. The van der Waals surface area contributed by atoms with Gasteiger partial charge in [-0.3, -0.25) is 10.1 Å². The molecule has 2 rings (SSSR count). The van der Waals surface area contributed by atoms with Gasteiger partial charge in [0.15, 0.2) is 0 Å². The van der Waals surface area contributed by atoms with E-state index in [1.54, 1.807) is 0 Å². The number of hydrogen-bond acceptors (Lipinski definition) is 4. The lowest BCUT2D eigenvalue weighted by Gasteiger charge is -2.28. The molecule has 2 N–H and O–H groups in total. The first-order valence-corrected chi connectivity index (χ1v) is 7.39. The van der Waals surface area contributed by atoms with Gasteiger partial charge >= 0.3 is 5.97 Å².